The second kappa shape index (κ2) is 7.26. The van der Waals surface area contributed by atoms with E-state index >= 15 is 0 Å². The lowest BCUT2D eigenvalue weighted by molar-refractivity contribution is -0.119. The SMILES string of the molecule is COc1ccc(N2C(=O)[C@@H](C)CS2(=O)=O)cc1S(=O)(=O)Nc1ccc(Cl)cc1. The first-order valence-corrected chi connectivity index (χ1v) is 11.6. The van der Waals surface area contributed by atoms with Gasteiger partial charge in [0.15, 0.2) is 0 Å². The van der Waals surface area contributed by atoms with Crippen LogP contribution in [0, 0.1) is 5.92 Å². The van der Waals surface area contributed by atoms with Crippen LogP contribution in [0.4, 0.5) is 11.4 Å². The molecule has 2 aromatic carbocycles. The van der Waals surface area contributed by atoms with Crippen LogP contribution in [0.1, 0.15) is 6.92 Å². The van der Waals surface area contributed by atoms with Crippen molar-refractivity contribution < 1.29 is 26.4 Å². The molecule has 3 rings (SSSR count). The molecule has 1 amide bonds. The van der Waals surface area contributed by atoms with Gasteiger partial charge in [0.2, 0.25) is 15.9 Å². The van der Waals surface area contributed by atoms with Crippen LogP contribution in [0.3, 0.4) is 0 Å². The lowest BCUT2D eigenvalue weighted by Gasteiger charge is -2.18. The number of sulfonamides is 2. The molecule has 150 valence electrons. The molecule has 1 aliphatic rings. The van der Waals surface area contributed by atoms with Crippen molar-refractivity contribution in [3.05, 3.63) is 47.5 Å². The zero-order valence-corrected chi connectivity index (χ0v) is 17.3. The van der Waals surface area contributed by atoms with Gasteiger partial charge >= 0.3 is 0 Å². The number of halogens is 1. The van der Waals surface area contributed by atoms with Crippen molar-refractivity contribution >= 4 is 48.9 Å². The Balaban J connectivity index is 2.06. The highest BCUT2D eigenvalue weighted by Gasteiger charge is 2.42. The Labute approximate surface area is 168 Å². The van der Waals surface area contributed by atoms with Crippen LogP contribution in [0.2, 0.25) is 5.02 Å². The van der Waals surface area contributed by atoms with Crippen molar-refractivity contribution in [1.82, 2.24) is 0 Å². The van der Waals surface area contributed by atoms with Gasteiger partial charge in [0, 0.05) is 10.7 Å². The molecule has 0 spiro atoms. The summed E-state index contributed by atoms with van der Waals surface area (Å²) in [5, 5.41) is 0.439. The van der Waals surface area contributed by atoms with E-state index in [1.54, 1.807) is 0 Å². The van der Waals surface area contributed by atoms with Crippen LogP contribution in [0.5, 0.6) is 5.75 Å². The number of carbonyl (C=O) groups excluding carboxylic acids is 1. The smallest absolute Gasteiger partial charge is 0.265 e. The minimum Gasteiger partial charge on any atom is -0.495 e. The highest BCUT2D eigenvalue weighted by molar-refractivity contribution is 7.94. The molecule has 1 atom stereocenters. The van der Waals surface area contributed by atoms with Crippen molar-refractivity contribution in [2.24, 2.45) is 5.92 Å². The van der Waals surface area contributed by atoms with Gasteiger partial charge in [-0.3, -0.25) is 9.52 Å². The third-order valence-electron chi connectivity index (χ3n) is 4.13. The number of nitrogens with one attached hydrogen (secondary N) is 1. The number of hydrogen-bond donors (Lipinski definition) is 1. The number of amides is 1. The average Bonchev–Trinajstić information content (AvgIpc) is 2.83. The zero-order chi connectivity index (χ0) is 20.7. The summed E-state index contributed by atoms with van der Waals surface area (Å²) in [5.74, 6) is -1.65. The molecule has 8 nitrogen and oxygen atoms in total. The molecule has 0 unspecified atom stereocenters. The van der Waals surface area contributed by atoms with Crippen LogP contribution in [0.15, 0.2) is 47.4 Å². The Morgan fingerprint density at radius 1 is 1.18 bits per heavy atom. The molecule has 1 saturated heterocycles. The summed E-state index contributed by atoms with van der Waals surface area (Å²) >= 11 is 5.80. The van der Waals surface area contributed by atoms with Crippen LogP contribution in [-0.4, -0.2) is 35.6 Å². The third kappa shape index (κ3) is 3.80. The molecular formula is C17H17ClN2O6S2. The van der Waals surface area contributed by atoms with Gasteiger partial charge in [-0.25, -0.2) is 21.1 Å². The standard InChI is InChI=1S/C17H17ClN2O6S2/c1-11-10-27(22,23)20(17(11)21)14-7-8-15(26-2)16(9-14)28(24,25)19-13-5-3-12(18)4-6-13/h3-9,11,19H,10H2,1-2H3/t11-/m0/s1. The zero-order valence-electron chi connectivity index (χ0n) is 14.9. The largest absolute Gasteiger partial charge is 0.495 e. The maximum absolute atomic E-state index is 12.9. The number of anilines is 2. The Morgan fingerprint density at radius 2 is 1.82 bits per heavy atom. The van der Waals surface area contributed by atoms with E-state index in [0.717, 1.165) is 6.07 Å². The van der Waals surface area contributed by atoms with Gasteiger partial charge in [-0.15, -0.1) is 0 Å². The lowest BCUT2D eigenvalue weighted by atomic mass is 10.2. The number of nitrogens with zero attached hydrogens (tertiary/aromatic N) is 1. The van der Waals surface area contributed by atoms with Crippen molar-refractivity contribution in [3.8, 4) is 5.75 Å². The fraction of sp³-hybridized carbons (Fsp3) is 0.235. The molecule has 1 heterocycles. The van der Waals surface area contributed by atoms with E-state index in [1.807, 2.05) is 0 Å². The summed E-state index contributed by atoms with van der Waals surface area (Å²) in [6.45, 7) is 1.50. The third-order valence-corrected chi connectivity index (χ3v) is 7.65. The van der Waals surface area contributed by atoms with E-state index in [0.29, 0.717) is 9.33 Å². The highest BCUT2D eigenvalue weighted by Crippen LogP contribution is 2.34. The summed E-state index contributed by atoms with van der Waals surface area (Å²) in [6, 6.07) is 9.72. The maximum Gasteiger partial charge on any atom is 0.265 e. The maximum atomic E-state index is 12.9. The van der Waals surface area contributed by atoms with Gasteiger partial charge in [-0.1, -0.05) is 18.5 Å². The number of rotatable bonds is 5. The first-order chi connectivity index (χ1) is 13.0. The topological polar surface area (TPSA) is 110 Å². The molecule has 0 radical (unpaired) electrons. The molecule has 1 fully saturated rings. The number of ether oxygens (including phenoxy) is 1. The van der Waals surface area contributed by atoms with E-state index in [-0.39, 0.29) is 27.8 Å². The number of hydrogen-bond acceptors (Lipinski definition) is 6. The second-order valence-electron chi connectivity index (χ2n) is 6.23. The normalized spacial score (nSPS) is 18.9. The van der Waals surface area contributed by atoms with Crippen LogP contribution < -0.4 is 13.8 Å². The Hall–Kier alpha value is -2.30. The predicted octanol–water partition coefficient (Wildman–Crippen LogP) is 2.46. The van der Waals surface area contributed by atoms with Crippen LogP contribution >= 0.6 is 11.6 Å². The second-order valence-corrected chi connectivity index (χ2v) is 10.2. The first-order valence-electron chi connectivity index (χ1n) is 8.08. The van der Waals surface area contributed by atoms with Gasteiger partial charge in [0.25, 0.3) is 10.0 Å². The number of benzene rings is 2. The summed E-state index contributed by atoms with van der Waals surface area (Å²) in [7, 11) is -6.72. The molecule has 2 aromatic rings. The molecule has 28 heavy (non-hydrogen) atoms. The van der Waals surface area contributed by atoms with Gasteiger partial charge in [-0.2, -0.15) is 0 Å². The number of carbonyl (C=O) groups is 1. The lowest BCUT2D eigenvalue weighted by Crippen LogP contribution is -2.30. The molecular weight excluding hydrogens is 428 g/mol. The monoisotopic (exact) mass is 444 g/mol. The average molecular weight is 445 g/mol. The van der Waals surface area contributed by atoms with Crippen LogP contribution in [0.25, 0.3) is 0 Å². The van der Waals surface area contributed by atoms with Crippen molar-refractivity contribution in [2.45, 2.75) is 11.8 Å². The molecule has 0 bridgehead atoms. The molecule has 0 aliphatic carbocycles. The van der Waals surface area contributed by atoms with Gasteiger partial charge < -0.3 is 4.74 Å². The van der Waals surface area contributed by atoms with Gasteiger partial charge in [-0.05, 0) is 42.5 Å². The summed E-state index contributed by atoms with van der Waals surface area (Å²) < 4.78 is 58.5. The molecule has 0 aromatic heterocycles. The van der Waals surface area contributed by atoms with Crippen molar-refractivity contribution in [2.75, 3.05) is 21.9 Å². The molecule has 11 heteroatoms. The fourth-order valence-corrected chi connectivity index (χ4v) is 6.00. The molecule has 1 N–H and O–H groups in total. The Morgan fingerprint density at radius 3 is 2.36 bits per heavy atom. The minimum atomic E-state index is -4.14. The Kier molecular flexibility index (Phi) is 5.30. The van der Waals surface area contributed by atoms with Gasteiger partial charge in [0.1, 0.15) is 10.6 Å². The van der Waals surface area contributed by atoms with E-state index < -0.39 is 31.9 Å². The van der Waals surface area contributed by atoms with Crippen molar-refractivity contribution in [3.63, 3.8) is 0 Å². The van der Waals surface area contributed by atoms with E-state index in [9.17, 15) is 21.6 Å². The summed E-state index contributed by atoms with van der Waals surface area (Å²) in [5.41, 5.74) is 0.196. The van der Waals surface area contributed by atoms with Crippen molar-refractivity contribution in [1.29, 1.82) is 0 Å². The predicted molar refractivity (Wildman–Crippen MR) is 106 cm³/mol. The quantitative estimate of drug-likeness (QED) is 0.758. The number of methoxy groups -OCH3 is 1. The van der Waals surface area contributed by atoms with Gasteiger partial charge in [0.05, 0.1) is 24.5 Å². The fourth-order valence-electron chi connectivity index (χ4n) is 2.82. The first kappa shape index (κ1) is 20.4. The molecule has 0 saturated carbocycles. The molecule has 1 aliphatic heterocycles. The summed E-state index contributed by atoms with van der Waals surface area (Å²) in [6.07, 6.45) is 0. The highest BCUT2D eigenvalue weighted by atomic mass is 35.5. The van der Waals surface area contributed by atoms with Crippen LogP contribution in [-0.2, 0) is 24.8 Å². The summed E-state index contributed by atoms with van der Waals surface area (Å²) in [4.78, 5) is 12.0. The Bertz CT molecular complexity index is 1130. The van der Waals surface area contributed by atoms with E-state index in [2.05, 4.69) is 4.72 Å². The minimum absolute atomic E-state index is 0.00214. The van der Waals surface area contributed by atoms with E-state index in [4.69, 9.17) is 16.3 Å². The van der Waals surface area contributed by atoms with E-state index in [1.165, 1.54) is 50.4 Å².